The molecule has 1 saturated heterocycles. The van der Waals surface area contributed by atoms with Crippen molar-refractivity contribution in [1.29, 1.82) is 0 Å². The number of likely N-dealkylation sites (tertiary alicyclic amines) is 1. The van der Waals surface area contributed by atoms with Crippen LogP contribution in [0.15, 0.2) is 35.1 Å². The van der Waals surface area contributed by atoms with Gasteiger partial charge in [-0.1, -0.05) is 23.2 Å². The Labute approximate surface area is 212 Å². The van der Waals surface area contributed by atoms with Crippen molar-refractivity contribution >= 4 is 29.1 Å². The Morgan fingerprint density at radius 2 is 1.81 bits per heavy atom. The highest BCUT2D eigenvalue weighted by atomic mass is 35.5. The summed E-state index contributed by atoms with van der Waals surface area (Å²) in [6, 6.07) is 6.17. The van der Waals surface area contributed by atoms with Crippen molar-refractivity contribution in [3.8, 4) is 5.75 Å². The lowest BCUT2D eigenvalue weighted by molar-refractivity contribution is -0.291. The third-order valence-electron chi connectivity index (χ3n) is 5.53. The minimum absolute atomic E-state index is 0.0932. The number of alkyl halides is 5. The van der Waals surface area contributed by atoms with E-state index in [9.17, 15) is 36.6 Å². The molecule has 1 aromatic heterocycles. The van der Waals surface area contributed by atoms with Crippen LogP contribution >= 0.6 is 23.2 Å². The van der Waals surface area contributed by atoms with Crippen molar-refractivity contribution in [3.05, 3.63) is 62.0 Å². The first kappa shape index (κ1) is 28.2. The molecule has 0 unspecified atom stereocenters. The van der Waals surface area contributed by atoms with Crippen molar-refractivity contribution in [2.24, 2.45) is 0 Å². The fourth-order valence-electron chi connectivity index (χ4n) is 3.67. The van der Waals surface area contributed by atoms with Crippen LogP contribution in [-0.4, -0.2) is 65.5 Å². The summed E-state index contributed by atoms with van der Waals surface area (Å²) in [5.41, 5.74) is -4.14. The average molecular weight is 558 g/mol. The minimum atomic E-state index is -6.03. The average Bonchev–Trinajstić information content (AvgIpc) is 2.80. The summed E-state index contributed by atoms with van der Waals surface area (Å²) >= 11 is 11.9. The van der Waals surface area contributed by atoms with Gasteiger partial charge in [-0.2, -0.15) is 22.0 Å². The van der Waals surface area contributed by atoms with Crippen molar-refractivity contribution in [1.82, 2.24) is 15.2 Å². The lowest BCUT2D eigenvalue weighted by Gasteiger charge is -2.33. The topological polar surface area (TPSA) is 94.7 Å². The number of rotatable bonds is 8. The van der Waals surface area contributed by atoms with Crippen LogP contribution in [0.4, 0.5) is 22.0 Å². The van der Waals surface area contributed by atoms with Crippen LogP contribution in [0.25, 0.3) is 0 Å². The highest BCUT2D eigenvalue weighted by Crippen LogP contribution is 2.43. The second kappa shape index (κ2) is 11.3. The van der Waals surface area contributed by atoms with Gasteiger partial charge in [0.2, 0.25) is 5.56 Å². The SMILES string of the molecule is O=C(NC[C@@H](O)CN1CCC(Oc2ccc(Cl)c(Cl)c2)CC1)c1ccc(=O)[nH]c1C(F)(F)C(F)(F)F. The lowest BCUT2D eigenvalue weighted by Crippen LogP contribution is -2.45. The fourth-order valence-corrected chi connectivity index (χ4v) is 3.96. The molecule has 0 saturated carbocycles. The molecular weight excluding hydrogens is 536 g/mol. The van der Waals surface area contributed by atoms with Gasteiger partial charge in [-0.25, -0.2) is 0 Å². The number of aliphatic hydroxyl groups is 1. The highest BCUT2D eigenvalue weighted by Gasteiger charge is 2.60. The zero-order valence-electron chi connectivity index (χ0n) is 18.5. The molecular formula is C22H22Cl2F5N3O4. The van der Waals surface area contributed by atoms with Crippen LogP contribution in [-0.2, 0) is 5.92 Å². The summed E-state index contributed by atoms with van der Waals surface area (Å²) in [6.07, 6.45) is -5.99. The van der Waals surface area contributed by atoms with Crippen molar-refractivity contribution in [2.75, 3.05) is 26.2 Å². The van der Waals surface area contributed by atoms with Gasteiger partial charge in [0.25, 0.3) is 5.91 Å². The van der Waals surface area contributed by atoms with Gasteiger partial charge in [-0.3, -0.25) is 9.59 Å². The van der Waals surface area contributed by atoms with Crippen LogP contribution in [0, 0.1) is 0 Å². The van der Waals surface area contributed by atoms with E-state index in [1.165, 1.54) is 4.98 Å². The van der Waals surface area contributed by atoms with E-state index in [0.717, 1.165) is 0 Å². The number of piperidine rings is 1. The number of H-pyrrole nitrogens is 1. The molecule has 3 N–H and O–H groups in total. The van der Waals surface area contributed by atoms with Crippen LogP contribution in [0.1, 0.15) is 28.9 Å². The number of nitrogens with zero attached hydrogens (tertiary/aromatic N) is 1. The number of pyridine rings is 1. The van der Waals surface area contributed by atoms with Crippen LogP contribution < -0.4 is 15.6 Å². The van der Waals surface area contributed by atoms with E-state index < -0.39 is 47.5 Å². The summed E-state index contributed by atoms with van der Waals surface area (Å²) < 4.78 is 71.9. The smallest absolute Gasteiger partial charge is 0.459 e. The Bertz CT molecular complexity index is 1140. The van der Waals surface area contributed by atoms with E-state index in [-0.39, 0.29) is 12.6 Å². The molecule has 1 atom stereocenters. The number of aromatic nitrogens is 1. The maximum atomic E-state index is 13.8. The second-order valence-electron chi connectivity index (χ2n) is 8.24. The Hall–Kier alpha value is -2.41. The van der Waals surface area contributed by atoms with Crippen molar-refractivity contribution in [2.45, 2.75) is 37.1 Å². The van der Waals surface area contributed by atoms with E-state index in [1.807, 2.05) is 4.90 Å². The number of benzene rings is 1. The molecule has 1 fully saturated rings. The first-order valence-electron chi connectivity index (χ1n) is 10.8. The molecule has 0 spiro atoms. The summed E-state index contributed by atoms with van der Waals surface area (Å²) in [5, 5.41) is 13.2. The maximum absolute atomic E-state index is 13.8. The second-order valence-corrected chi connectivity index (χ2v) is 9.06. The number of hydrogen-bond donors (Lipinski definition) is 3. The number of halogens is 7. The first-order chi connectivity index (χ1) is 16.8. The van der Waals surface area contributed by atoms with Gasteiger partial charge in [0.15, 0.2) is 0 Å². The highest BCUT2D eigenvalue weighted by molar-refractivity contribution is 6.42. The number of carbonyl (C=O) groups excluding carboxylic acids is 1. The predicted octanol–water partition coefficient (Wildman–Crippen LogP) is 3.97. The van der Waals surface area contributed by atoms with Gasteiger partial charge < -0.3 is 25.0 Å². The summed E-state index contributed by atoms with van der Waals surface area (Å²) in [7, 11) is 0. The molecule has 3 rings (SSSR count). The Morgan fingerprint density at radius 3 is 2.42 bits per heavy atom. The molecule has 0 aliphatic carbocycles. The Kier molecular flexibility index (Phi) is 8.86. The predicted molar refractivity (Wildman–Crippen MR) is 122 cm³/mol. The number of carbonyl (C=O) groups is 1. The Morgan fingerprint density at radius 1 is 1.14 bits per heavy atom. The molecule has 14 heteroatoms. The first-order valence-corrected chi connectivity index (χ1v) is 11.5. The van der Waals surface area contributed by atoms with Gasteiger partial charge >= 0.3 is 12.1 Å². The third-order valence-corrected chi connectivity index (χ3v) is 6.27. The summed E-state index contributed by atoms with van der Waals surface area (Å²) in [6.45, 7) is 0.823. The van der Waals surface area contributed by atoms with Crippen molar-refractivity contribution in [3.63, 3.8) is 0 Å². The van der Waals surface area contributed by atoms with E-state index in [1.54, 1.807) is 18.2 Å². The monoisotopic (exact) mass is 557 g/mol. The molecule has 1 aliphatic heterocycles. The molecule has 2 aromatic rings. The van der Waals surface area contributed by atoms with E-state index in [0.29, 0.717) is 53.9 Å². The molecule has 1 aliphatic rings. The zero-order valence-corrected chi connectivity index (χ0v) is 20.1. The molecule has 198 valence electrons. The van der Waals surface area contributed by atoms with Gasteiger partial charge in [0.05, 0.1) is 21.7 Å². The zero-order chi connectivity index (χ0) is 26.7. The molecule has 0 bridgehead atoms. The number of aromatic amines is 1. The normalized spacial score (nSPS) is 16.6. The molecule has 1 amide bonds. The lowest BCUT2D eigenvalue weighted by atomic mass is 10.1. The molecule has 0 radical (unpaired) electrons. The molecule has 2 heterocycles. The maximum Gasteiger partial charge on any atom is 0.459 e. The van der Waals surface area contributed by atoms with Gasteiger partial charge in [-0.05, 0) is 31.0 Å². The van der Waals surface area contributed by atoms with Crippen LogP contribution in [0.2, 0.25) is 10.0 Å². The van der Waals surface area contributed by atoms with Crippen LogP contribution in [0.3, 0.4) is 0 Å². The summed E-state index contributed by atoms with van der Waals surface area (Å²) in [5.74, 6) is -6.18. The number of aliphatic hydroxyl groups excluding tert-OH is 1. The van der Waals surface area contributed by atoms with E-state index in [2.05, 4.69) is 5.32 Å². The number of nitrogens with one attached hydrogen (secondary N) is 2. The van der Waals surface area contributed by atoms with Crippen LogP contribution in [0.5, 0.6) is 5.75 Å². The van der Waals surface area contributed by atoms with Crippen molar-refractivity contribution < 1.29 is 36.6 Å². The summed E-state index contributed by atoms with van der Waals surface area (Å²) in [4.78, 5) is 26.9. The molecule has 1 aromatic carbocycles. The largest absolute Gasteiger partial charge is 0.490 e. The van der Waals surface area contributed by atoms with E-state index >= 15 is 0 Å². The number of amides is 1. The van der Waals surface area contributed by atoms with E-state index in [4.69, 9.17) is 27.9 Å². The quantitative estimate of drug-likeness (QED) is 0.427. The fraction of sp³-hybridized carbons (Fsp3) is 0.455. The molecule has 36 heavy (non-hydrogen) atoms. The van der Waals surface area contributed by atoms with Gasteiger partial charge in [-0.15, -0.1) is 0 Å². The number of ether oxygens (including phenoxy) is 1. The minimum Gasteiger partial charge on any atom is -0.490 e. The van der Waals surface area contributed by atoms with Gasteiger partial charge in [0, 0.05) is 38.3 Å². The Balaban J connectivity index is 1.51. The third kappa shape index (κ3) is 6.87. The molecule has 7 nitrogen and oxygen atoms in total. The van der Waals surface area contributed by atoms with Gasteiger partial charge in [0.1, 0.15) is 17.5 Å². The number of β-amino-alcohol motifs (C(OH)–C–C–N with tert-alkyl or cyclic N) is 1. The standard InChI is InChI=1S/C22H22Cl2F5N3O4/c23-16-3-1-14(9-17(16)24)36-13-5-7-32(8-6-13)11-12(33)10-30-20(35)15-2-4-18(34)31-19(15)21(25,26)22(27,28)29/h1-4,9,12-13,33H,5-8,10-11H2,(H,30,35)(H,31,34)/t12-/m1/s1. The number of hydrogen-bond acceptors (Lipinski definition) is 5.